The summed E-state index contributed by atoms with van der Waals surface area (Å²) in [5.74, 6) is 1.79. The summed E-state index contributed by atoms with van der Waals surface area (Å²) in [7, 11) is 0. The molecule has 0 fully saturated rings. The van der Waals surface area contributed by atoms with Crippen molar-refractivity contribution in [1.82, 2.24) is 15.0 Å². The Morgan fingerprint density at radius 2 is 1.06 bits per heavy atom. The Balaban J connectivity index is 1.26. The summed E-state index contributed by atoms with van der Waals surface area (Å²) in [4.78, 5) is 14.9. The van der Waals surface area contributed by atoms with E-state index in [1.165, 1.54) is 6.26 Å². The van der Waals surface area contributed by atoms with Crippen LogP contribution < -0.4 is 0 Å². The fourth-order valence-electron chi connectivity index (χ4n) is 8.10. The Hall–Kier alpha value is -7.15. The summed E-state index contributed by atoms with van der Waals surface area (Å²) >= 11 is 0. The van der Waals surface area contributed by atoms with Crippen LogP contribution in [0.4, 0.5) is 0 Å². The Labute approximate surface area is 287 Å². The summed E-state index contributed by atoms with van der Waals surface area (Å²) in [5.41, 5.74) is 11.7. The third-order valence-electron chi connectivity index (χ3n) is 10.1. The van der Waals surface area contributed by atoms with Crippen molar-refractivity contribution >= 4 is 11.0 Å². The van der Waals surface area contributed by atoms with Crippen LogP contribution in [0.15, 0.2) is 144 Å². The first-order valence-corrected chi connectivity index (χ1v) is 16.3. The number of furan rings is 1. The van der Waals surface area contributed by atoms with Crippen LogP contribution >= 0.6 is 0 Å². The van der Waals surface area contributed by atoms with Crippen LogP contribution in [0.5, 0.6) is 0 Å². The van der Waals surface area contributed by atoms with E-state index in [0.29, 0.717) is 34.2 Å². The predicted octanol–water partition coefficient (Wildman–Crippen LogP) is 9.71. The van der Waals surface area contributed by atoms with Gasteiger partial charge in [0.15, 0.2) is 17.5 Å². The molecule has 8 aromatic rings. The fourth-order valence-corrected chi connectivity index (χ4v) is 8.10. The smallest absolute Gasteiger partial charge is 0.164 e. The van der Waals surface area contributed by atoms with Crippen LogP contribution in [0, 0.1) is 22.7 Å². The van der Waals surface area contributed by atoms with E-state index in [2.05, 4.69) is 66.7 Å². The number of hydrogen-bond acceptors (Lipinski definition) is 6. The number of fused-ring (bicyclic) bond motifs is 12. The molecule has 2 aromatic heterocycles. The van der Waals surface area contributed by atoms with Crippen LogP contribution in [0.25, 0.3) is 67.4 Å². The summed E-state index contributed by atoms with van der Waals surface area (Å²) in [6.07, 6.45) is 1.51. The third-order valence-corrected chi connectivity index (χ3v) is 10.1. The molecule has 1 unspecified atom stereocenters. The summed E-state index contributed by atoms with van der Waals surface area (Å²) in [6, 6.07) is 49.6. The van der Waals surface area contributed by atoms with Crippen molar-refractivity contribution in [2.75, 3.05) is 0 Å². The van der Waals surface area contributed by atoms with Gasteiger partial charge in [-0.25, -0.2) is 15.0 Å². The first-order valence-electron chi connectivity index (χ1n) is 16.3. The standard InChI is InChI=1S/C44H23N5O/c45-23-29-14-9-17-35-38(29)40-36(20-21-37-39(40)30(24-46)25-50-37)44(35)33-16-8-7-15-31(33)32-22-28(18-19-34(32)44)43-48-41(26-10-3-1-4-11-26)47-42(49-43)27-12-5-2-6-13-27/h1-22,25H. The Kier molecular flexibility index (Phi) is 5.82. The molecule has 0 saturated carbocycles. The van der Waals surface area contributed by atoms with Gasteiger partial charge < -0.3 is 4.42 Å². The van der Waals surface area contributed by atoms with Gasteiger partial charge in [-0.15, -0.1) is 0 Å². The van der Waals surface area contributed by atoms with Crippen molar-refractivity contribution in [3.05, 3.63) is 173 Å². The lowest BCUT2D eigenvalue weighted by Gasteiger charge is -2.30. The van der Waals surface area contributed by atoms with E-state index >= 15 is 0 Å². The van der Waals surface area contributed by atoms with Gasteiger partial charge in [0.05, 0.1) is 22.6 Å². The third kappa shape index (κ3) is 3.68. The minimum atomic E-state index is -0.719. The Morgan fingerprint density at radius 1 is 0.480 bits per heavy atom. The van der Waals surface area contributed by atoms with Gasteiger partial charge in [0.2, 0.25) is 0 Å². The first-order chi connectivity index (χ1) is 24.7. The second kappa shape index (κ2) is 10.4. The topological polar surface area (TPSA) is 99.4 Å². The van der Waals surface area contributed by atoms with E-state index < -0.39 is 5.41 Å². The highest BCUT2D eigenvalue weighted by molar-refractivity contribution is 6.08. The highest BCUT2D eigenvalue weighted by Crippen LogP contribution is 2.64. The lowest BCUT2D eigenvalue weighted by molar-refractivity contribution is 0.614. The van der Waals surface area contributed by atoms with Crippen molar-refractivity contribution < 1.29 is 4.42 Å². The molecule has 2 aliphatic rings. The monoisotopic (exact) mass is 637 g/mol. The number of nitrogens with zero attached hydrogens (tertiary/aromatic N) is 5. The molecule has 2 aliphatic carbocycles. The number of rotatable bonds is 3. The zero-order valence-electron chi connectivity index (χ0n) is 26.4. The summed E-state index contributed by atoms with van der Waals surface area (Å²) in [5, 5.41) is 21.3. The minimum absolute atomic E-state index is 0.452. The SMILES string of the molecule is N#Cc1cccc2c1-c1c(ccc3occ(C#N)c13)C21c2ccccc2-c2cc(-c3nc(-c4ccccc4)nc(-c4ccccc4)n3)ccc21. The van der Waals surface area contributed by atoms with Crippen molar-refractivity contribution in [2.24, 2.45) is 0 Å². The highest BCUT2D eigenvalue weighted by Gasteiger charge is 2.53. The van der Waals surface area contributed by atoms with Gasteiger partial charge in [-0.2, -0.15) is 10.5 Å². The first kappa shape index (κ1) is 27.9. The van der Waals surface area contributed by atoms with Gasteiger partial charge in [0.1, 0.15) is 17.9 Å². The van der Waals surface area contributed by atoms with E-state index in [-0.39, 0.29) is 0 Å². The molecule has 6 heteroatoms. The molecule has 2 heterocycles. The van der Waals surface area contributed by atoms with Gasteiger partial charge in [0.25, 0.3) is 0 Å². The number of benzene rings is 6. The molecule has 1 spiro atoms. The van der Waals surface area contributed by atoms with Crippen molar-refractivity contribution in [3.8, 4) is 68.6 Å². The Morgan fingerprint density at radius 3 is 1.76 bits per heavy atom. The maximum atomic E-state index is 10.4. The fraction of sp³-hybridized carbons (Fsp3) is 0.0227. The van der Waals surface area contributed by atoms with Crippen LogP contribution in [-0.2, 0) is 5.41 Å². The van der Waals surface area contributed by atoms with Gasteiger partial charge in [-0.05, 0) is 51.6 Å². The minimum Gasteiger partial charge on any atom is -0.463 e. The maximum Gasteiger partial charge on any atom is 0.164 e. The average molecular weight is 638 g/mol. The van der Waals surface area contributed by atoms with Crippen molar-refractivity contribution in [1.29, 1.82) is 10.5 Å². The van der Waals surface area contributed by atoms with Gasteiger partial charge in [0, 0.05) is 33.2 Å². The molecule has 6 aromatic carbocycles. The predicted molar refractivity (Wildman–Crippen MR) is 192 cm³/mol. The molecule has 0 N–H and O–H groups in total. The molecule has 6 nitrogen and oxygen atoms in total. The molecule has 0 amide bonds. The molecule has 50 heavy (non-hydrogen) atoms. The van der Waals surface area contributed by atoms with Gasteiger partial charge >= 0.3 is 0 Å². The maximum absolute atomic E-state index is 10.4. The quantitative estimate of drug-likeness (QED) is 0.191. The largest absolute Gasteiger partial charge is 0.463 e. The van der Waals surface area contributed by atoms with Crippen molar-refractivity contribution in [2.45, 2.75) is 5.41 Å². The molecule has 0 aliphatic heterocycles. The molecule has 0 bridgehead atoms. The lowest BCUT2D eigenvalue weighted by atomic mass is 9.70. The summed E-state index contributed by atoms with van der Waals surface area (Å²) in [6.45, 7) is 0. The molecule has 230 valence electrons. The molecular formula is C44H23N5O. The van der Waals surface area contributed by atoms with Crippen LogP contribution in [0.3, 0.4) is 0 Å². The number of hydrogen-bond donors (Lipinski definition) is 0. The molecule has 1 atom stereocenters. The van der Waals surface area contributed by atoms with E-state index in [0.717, 1.165) is 66.6 Å². The second-order valence-corrected chi connectivity index (χ2v) is 12.6. The van der Waals surface area contributed by atoms with Crippen LogP contribution in [0.2, 0.25) is 0 Å². The van der Waals surface area contributed by atoms with Crippen LogP contribution in [0.1, 0.15) is 33.4 Å². The number of nitriles is 2. The Bertz CT molecular complexity index is 2730. The molecular weight excluding hydrogens is 615 g/mol. The van der Waals surface area contributed by atoms with Gasteiger partial charge in [-0.3, -0.25) is 0 Å². The molecule has 0 saturated heterocycles. The van der Waals surface area contributed by atoms with E-state index in [9.17, 15) is 10.5 Å². The zero-order chi connectivity index (χ0) is 33.4. The van der Waals surface area contributed by atoms with Crippen LogP contribution in [-0.4, -0.2) is 15.0 Å². The van der Waals surface area contributed by atoms with E-state index in [1.54, 1.807) is 0 Å². The zero-order valence-corrected chi connectivity index (χ0v) is 26.4. The van der Waals surface area contributed by atoms with E-state index in [1.807, 2.05) is 78.9 Å². The molecule has 0 radical (unpaired) electrons. The number of aromatic nitrogens is 3. The average Bonchev–Trinajstić information content (AvgIpc) is 3.84. The normalized spacial score (nSPS) is 14.8. The van der Waals surface area contributed by atoms with Crippen molar-refractivity contribution in [3.63, 3.8) is 0 Å². The second-order valence-electron chi connectivity index (χ2n) is 12.6. The molecule has 10 rings (SSSR count). The van der Waals surface area contributed by atoms with Gasteiger partial charge in [-0.1, -0.05) is 115 Å². The van der Waals surface area contributed by atoms with E-state index in [4.69, 9.17) is 19.4 Å². The highest BCUT2D eigenvalue weighted by atomic mass is 16.3. The lowest BCUT2D eigenvalue weighted by Crippen LogP contribution is -2.25. The summed E-state index contributed by atoms with van der Waals surface area (Å²) < 4.78 is 5.87.